The van der Waals surface area contributed by atoms with Crippen molar-refractivity contribution in [3.05, 3.63) is 66.9 Å². The summed E-state index contributed by atoms with van der Waals surface area (Å²) in [5.74, 6) is 0.665. The van der Waals surface area contributed by atoms with Crippen molar-refractivity contribution in [1.82, 2.24) is 30.1 Å². The first-order valence-electron chi connectivity index (χ1n) is 9.93. The Bertz CT molecular complexity index is 1070. The van der Waals surface area contributed by atoms with E-state index in [9.17, 15) is 4.79 Å². The average molecular weight is 388 g/mol. The number of aromatic nitrogens is 5. The van der Waals surface area contributed by atoms with E-state index in [4.69, 9.17) is 0 Å². The number of tetrazole rings is 1. The first kappa shape index (κ1) is 18.9. The Morgan fingerprint density at radius 3 is 2.66 bits per heavy atom. The Kier molecular flexibility index (Phi) is 5.95. The molecule has 0 saturated carbocycles. The SMILES string of the molecule is O=C(CCCn1nnc(-c2ccccc2)n1)NCCCn1ccc2ccccc21. The van der Waals surface area contributed by atoms with E-state index in [1.807, 2.05) is 42.5 Å². The van der Waals surface area contributed by atoms with Gasteiger partial charge in [-0.25, -0.2) is 0 Å². The van der Waals surface area contributed by atoms with Crippen LogP contribution in [0.25, 0.3) is 22.3 Å². The van der Waals surface area contributed by atoms with Crippen LogP contribution in [0.3, 0.4) is 0 Å². The molecule has 0 atom stereocenters. The molecule has 148 valence electrons. The van der Waals surface area contributed by atoms with Gasteiger partial charge in [-0.1, -0.05) is 48.5 Å². The molecule has 7 nitrogen and oxygen atoms in total. The molecular formula is C22H24N6O. The van der Waals surface area contributed by atoms with Gasteiger partial charge in [-0.15, -0.1) is 10.2 Å². The zero-order valence-corrected chi connectivity index (χ0v) is 16.2. The second-order valence-electron chi connectivity index (χ2n) is 6.95. The first-order chi connectivity index (χ1) is 14.3. The van der Waals surface area contributed by atoms with Crippen LogP contribution in [0.1, 0.15) is 19.3 Å². The van der Waals surface area contributed by atoms with Crippen LogP contribution in [-0.4, -0.2) is 37.2 Å². The van der Waals surface area contributed by atoms with Gasteiger partial charge >= 0.3 is 0 Å². The van der Waals surface area contributed by atoms with Gasteiger partial charge in [-0.05, 0) is 35.6 Å². The molecule has 0 radical (unpaired) electrons. The maximum absolute atomic E-state index is 12.1. The lowest BCUT2D eigenvalue weighted by Gasteiger charge is -2.07. The molecule has 0 aliphatic carbocycles. The number of aryl methyl sites for hydroxylation is 2. The third kappa shape index (κ3) is 4.87. The van der Waals surface area contributed by atoms with Crippen LogP contribution in [0, 0.1) is 0 Å². The minimum atomic E-state index is 0.0609. The number of nitrogens with one attached hydrogen (secondary N) is 1. The maximum Gasteiger partial charge on any atom is 0.220 e. The molecule has 29 heavy (non-hydrogen) atoms. The lowest BCUT2D eigenvalue weighted by Crippen LogP contribution is -2.25. The Labute approximate surface area is 169 Å². The highest BCUT2D eigenvalue weighted by Crippen LogP contribution is 2.15. The molecule has 2 aromatic carbocycles. The van der Waals surface area contributed by atoms with Crippen molar-refractivity contribution in [2.75, 3.05) is 6.54 Å². The van der Waals surface area contributed by atoms with Crippen LogP contribution in [0.5, 0.6) is 0 Å². The number of hydrogen-bond acceptors (Lipinski definition) is 4. The van der Waals surface area contributed by atoms with E-state index in [2.05, 4.69) is 49.7 Å². The summed E-state index contributed by atoms with van der Waals surface area (Å²) >= 11 is 0. The van der Waals surface area contributed by atoms with Gasteiger partial charge < -0.3 is 9.88 Å². The summed E-state index contributed by atoms with van der Waals surface area (Å²) in [5, 5.41) is 16.7. The summed E-state index contributed by atoms with van der Waals surface area (Å²) in [6.07, 6.45) is 4.13. The van der Waals surface area contributed by atoms with Crippen molar-refractivity contribution in [3.63, 3.8) is 0 Å². The molecule has 0 saturated heterocycles. The van der Waals surface area contributed by atoms with E-state index in [0.29, 0.717) is 31.8 Å². The van der Waals surface area contributed by atoms with Crippen LogP contribution in [0.15, 0.2) is 66.9 Å². The number of nitrogens with zero attached hydrogens (tertiary/aromatic N) is 5. The summed E-state index contributed by atoms with van der Waals surface area (Å²) in [4.78, 5) is 13.6. The van der Waals surface area contributed by atoms with Crippen LogP contribution >= 0.6 is 0 Å². The van der Waals surface area contributed by atoms with Gasteiger partial charge in [0.05, 0.1) is 6.54 Å². The number of benzene rings is 2. The van der Waals surface area contributed by atoms with Gasteiger partial charge in [0.2, 0.25) is 11.7 Å². The number of para-hydroxylation sites is 1. The fraction of sp³-hybridized carbons (Fsp3) is 0.273. The largest absolute Gasteiger partial charge is 0.356 e. The number of fused-ring (bicyclic) bond motifs is 1. The fourth-order valence-corrected chi connectivity index (χ4v) is 3.32. The highest BCUT2D eigenvalue weighted by atomic mass is 16.1. The molecule has 0 spiro atoms. The lowest BCUT2D eigenvalue weighted by atomic mass is 10.2. The Morgan fingerprint density at radius 2 is 1.76 bits per heavy atom. The van der Waals surface area contributed by atoms with Crippen molar-refractivity contribution in [2.45, 2.75) is 32.4 Å². The van der Waals surface area contributed by atoms with Crippen molar-refractivity contribution in [2.24, 2.45) is 0 Å². The average Bonchev–Trinajstić information content (AvgIpc) is 3.39. The van der Waals surface area contributed by atoms with Crippen LogP contribution in [0.2, 0.25) is 0 Å². The van der Waals surface area contributed by atoms with Gasteiger partial charge in [0.25, 0.3) is 0 Å². The van der Waals surface area contributed by atoms with E-state index in [-0.39, 0.29) is 5.91 Å². The Hall–Kier alpha value is -3.48. The number of carbonyl (C=O) groups excluding carboxylic acids is 1. The molecule has 0 unspecified atom stereocenters. The van der Waals surface area contributed by atoms with Crippen LogP contribution < -0.4 is 5.32 Å². The Morgan fingerprint density at radius 1 is 0.931 bits per heavy atom. The smallest absolute Gasteiger partial charge is 0.220 e. The van der Waals surface area contributed by atoms with Crippen molar-refractivity contribution in [3.8, 4) is 11.4 Å². The first-order valence-corrected chi connectivity index (χ1v) is 9.93. The van der Waals surface area contributed by atoms with Gasteiger partial charge in [0, 0.05) is 36.8 Å². The molecule has 4 rings (SSSR count). The van der Waals surface area contributed by atoms with Crippen LogP contribution in [-0.2, 0) is 17.9 Å². The fourth-order valence-electron chi connectivity index (χ4n) is 3.32. The molecular weight excluding hydrogens is 364 g/mol. The van der Waals surface area contributed by atoms with E-state index < -0.39 is 0 Å². The van der Waals surface area contributed by atoms with Crippen molar-refractivity contribution >= 4 is 16.8 Å². The monoisotopic (exact) mass is 388 g/mol. The molecule has 2 heterocycles. The summed E-state index contributed by atoms with van der Waals surface area (Å²) in [7, 11) is 0. The highest BCUT2D eigenvalue weighted by Gasteiger charge is 2.06. The summed E-state index contributed by atoms with van der Waals surface area (Å²) in [6, 6.07) is 20.2. The lowest BCUT2D eigenvalue weighted by molar-refractivity contribution is -0.121. The van der Waals surface area contributed by atoms with Gasteiger partial charge in [-0.2, -0.15) is 4.80 Å². The maximum atomic E-state index is 12.1. The second-order valence-corrected chi connectivity index (χ2v) is 6.95. The molecule has 0 aliphatic heterocycles. The topological polar surface area (TPSA) is 77.6 Å². The summed E-state index contributed by atoms with van der Waals surface area (Å²) < 4.78 is 2.22. The number of carbonyl (C=O) groups is 1. The number of rotatable bonds is 9. The predicted molar refractivity (Wildman–Crippen MR) is 112 cm³/mol. The predicted octanol–water partition coefficient (Wildman–Crippen LogP) is 3.28. The molecule has 7 heteroatoms. The van der Waals surface area contributed by atoms with Gasteiger partial charge in [-0.3, -0.25) is 4.79 Å². The normalized spacial score (nSPS) is 11.0. The van der Waals surface area contributed by atoms with E-state index >= 15 is 0 Å². The molecule has 0 aliphatic rings. The van der Waals surface area contributed by atoms with Crippen LogP contribution in [0.4, 0.5) is 0 Å². The van der Waals surface area contributed by atoms with E-state index in [0.717, 1.165) is 18.5 Å². The Balaban J connectivity index is 1.15. The zero-order chi connectivity index (χ0) is 19.9. The van der Waals surface area contributed by atoms with E-state index in [1.165, 1.54) is 10.9 Å². The minimum absolute atomic E-state index is 0.0609. The quantitative estimate of drug-likeness (QED) is 0.446. The summed E-state index contributed by atoms with van der Waals surface area (Å²) in [5.41, 5.74) is 2.17. The molecule has 1 amide bonds. The molecule has 0 fully saturated rings. The van der Waals surface area contributed by atoms with Gasteiger partial charge in [0.1, 0.15) is 0 Å². The summed E-state index contributed by atoms with van der Waals surface area (Å²) in [6.45, 7) is 2.13. The van der Waals surface area contributed by atoms with Crippen molar-refractivity contribution in [1.29, 1.82) is 0 Å². The molecule has 0 bridgehead atoms. The number of amides is 1. The minimum Gasteiger partial charge on any atom is -0.356 e. The van der Waals surface area contributed by atoms with E-state index in [1.54, 1.807) is 4.80 Å². The molecule has 4 aromatic rings. The standard InChI is InChI=1S/C22H24N6O/c29-21(23-14-7-15-27-17-13-18-8-4-5-11-20(18)27)12-6-16-28-25-22(24-26-28)19-9-2-1-3-10-19/h1-5,8-11,13,17H,6-7,12,14-16H2,(H,23,29). The third-order valence-corrected chi connectivity index (χ3v) is 4.82. The third-order valence-electron chi connectivity index (χ3n) is 4.82. The highest BCUT2D eigenvalue weighted by molar-refractivity contribution is 5.79. The molecule has 1 N–H and O–H groups in total. The van der Waals surface area contributed by atoms with Gasteiger partial charge in [0.15, 0.2) is 0 Å². The second kappa shape index (κ2) is 9.14. The van der Waals surface area contributed by atoms with Crippen molar-refractivity contribution < 1.29 is 4.79 Å². The zero-order valence-electron chi connectivity index (χ0n) is 16.2. The molecule has 2 aromatic heterocycles. The number of hydrogen-bond donors (Lipinski definition) is 1.